The molecule has 0 bridgehead atoms. The summed E-state index contributed by atoms with van der Waals surface area (Å²) in [6.07, 6.45) is -0.648. The van der Waals surface area contributed by atoms with E-state index in [1.165, 1.54) is 24.3 Å². The van der Waals surface area contributed by atoms with Crippen LogP contribution in [0.5, 0.6) is 11.5 Å². The Morgan fingerprint density at radius 3 is 2.53 bits per heavy atom. The number of pyridine rings is 1. The molecular formula is C23H18F3N3O3. The quantitative estimate of drug-likeness (QED) is 0.433. The van der Waals surface area contributed by atoms with Gasteiger partial charge >= 0.3 is 6.18 Å². The molecule has 0 saturated carbocycles. The molecule has 0 aliphatic heterocycles. The zero-order valence-corrected chi connectivity index (χ0v) is 16.7. The van der Waals surface area contributed by atoms with Gasteiger partial charge in [-0.3, -0.25) is 4.79 Å². The molecule has 0 saturated heterocycles. The number of nitrogens with zero attached hydrogens (tertiary/aromatic N) is 2. The molecule has 0 aliphatic rings. The van der Waals surface area contributed by atoms with Crippen molar-refractivity contribution in [3.8, 4) is 11.5 Å². The van der Waals surface area contributed by atoms with Gasteiger partial charge in [-0.1, -0.05) is 12.1 Å². The lowest BCUT2D eigenvalue weighted by atomic mass is 10.2. The minimum absolute atomic E-state index is 0.0580. The van der Waals surface area contributed by atoms with Crippen molar-refractivity contribution in [3.05, 3.63) is 90.4 Å². The summed E-state index contributed by atoms with van der Waals surface area (Å²) < 4.78 is 49.0. The average Bonchev–Trinajstić information content (AvgIpc) is 3.20. The first kappa shape index (κ1) is 21.2. The fourth-order valence-electron chi connectivity index (χ4n) is 2.94. The van der Waals surface area contributed by atoms with E-state index in [1.807, 2.05) is 35.0 Å². The van der Waals surface area contributed by atoms with Crippen LogP contribution in [-0.2, 0) is 6.61 Å². The highest BCUT2D eigenvalue weighted by molar-refractivity contribution is 6.04. The summed E-state index contributed by atoms with van der Waals surface area (Å²) >= 11 is 0. The first-order chi connectivity index (χ1) is 15.4. The molecule has 32 heavy (non-hydrogen) atoms. The first-order valence-corrected chi connectivity index (χ1v) is 9.62. The van der Waals surface area contributed by atoms with Gasteiger partial charge in [-0.05, 0) is 54.6 Å². The van der Waals surface area contributed by atoms with E-state index in [-0.39, 0.29) is 18.3 Å². The third kappa shape index (κ3) is 5.57. The lowest BCUT2D eigenvalue weighted by Gasteiger charge is -2.10. The van der Waals surface area contributed by atoms with Crippen LogP contribution in [-0.4, -0.2) is 28.1 Å². The fourth-order valence-corrected chi connectivity index (χ4v) is 2.94. The SMILES string of the molecule is O=C(Nc1ccc(OCC(F)(F)F)cc1)c1cccc(OCc2cn3ccccc3n2)c1. The predicted molar refractivity (Wildman–Crippen MR) is 112 cm³/mol. The smallest absolute Gasteiger partial charge is 0.422 e. The van der Waals surface area contributed by atoms with Crippen LogP contribution >= 0.6 is 0 Å². The zero-order chi connectivity index (χ0) is 22.6. The van der Waals surface area contributed by atoms with Gasteiger partial charge in [0.25, 0.3) is 5.91 Å². The summed E-state index contributed by atoms with van der Waals surface area (Å²) in [5.74, 6) is 0.181. The van der Waals surface area contributed by atoms with E-state index in [0.717, 1.165) is 11.3 Å². The van der Waals surface area contributed by atoms with Crippen molar-refractivity contribution >= 4 is 17.2 Å². The van der Waals surface area contributed by atoms with Crippen molar-refractivity contribution in [1.29, 1.82) is 0 Å². The number of aromatic nitrogens is 2. The van der Waals surface area contributed by atoms with Crippen molar-refractivity contribution in [2.45, 2.75) is 12.8 Å². The lowest BCUT2D eigenvalue weighted by Crippen LogP contribution is -2.19. The molecule has 4 aromatic rings. The van der Waals surface area contributed by atoms with Crippen LogP contribution in [0.25, 0.3) is 5.65 Å². The molecule has 0 radical (unpaired) electrons. The maximum absolute atomic E-state index is 12.5. The largest absolute Gasteiger partial charge is 0.487 e. The fraction of sp³-hybridized carbons (Fsp3) is 0.130. The van der Waals surface area contributed by atoms with Crippen LogP contribution in [0, 0.1) is 0 Å². The van der Waals surface area contributed by atoms with E-state index in [1.54, 1.807) is 24.3 Å². The summed E-state index contributed by atoms with van der Waals surface area (Å²) in [5.41, 5.74) is 2.35. The Bertz CT molecular complexity index is 1190. The second-order valence-electron chi connectivity index (χ2n) is 6.90. The summed E-state index contributed by atoms with van der Waals surface area (Å²) in [6, 6.07) is 18.0. The molecule has 0 fully saturated rings. The van der Waals surface area contributed by atoms with E-state index in [0.29, 0.717) is 17.0 Å². The van der Waals surface area contributed by atoms with Gasteiger partial charge in [0.15, 0.2) is 6.61 Å². The van der Waals surface area contributed by atoms with Gasteiger partial charge in [0.05, 0.1) is 5.69 Å². The van der Waals surface area contributed by atoms with Crippen LogP contribution in [0.1, 0.15) is 16.1 Å². The van der Waals surface area contributed by atoms with Crippen molar-refractivity contribution in [2.75, 3.05) is 11.9 Å². The van der Waals surface area contributed by atoms with Gasteiger partial charge in [-0.2, -0.15) is 13.2 Å². The molecule has 1 N–H and O–H groups in total. The summed E-state index contributed by atoms with van der Waals surface area (Å²) in [6.45, 7) is -1.13. The first-order valence-electron chi connectivity index (χ1n) is 9.62. The van der Waals surface area contributed by atoms with E-state index in [2.05, 4.69) is 15.0 Å². The van der Waals surface area contributed by atoms with Gasteiger partial charge in [0, 0.05) is 23.6 Å². The van der Waals surface area contributed by atoms with E-state index in [4.69, 9.17) is 4.74 Å². The van der Waals surface area contributed by atoms with E-state index < -0.39 is 12.8 Å². The maximum atomic E-state index is 12.5. The van der Waals surface area contributed by atoms with Crippen LogP contribution in [0.2, 0.25) is 0 Å². The minimum atomic E-state index is -4.41. The molecule has 2 heterocycles. The normalized spacial score (nSPS) is 11.3. The number of nitrogens with one attached hydrogen (secondary N) is 1. The number of amides is 1. The second kappa shape index (κ2) is 9.01. The summed E-state index contributed by atoms with van der Waals surface area (Å²) in [5, 5.41) is 2.69. The number of alkyl halides is 3. The number of carbonyl (C=O) groups excluding carboxylic acids is 1. The van der Waals surface area contributed by atoms with E-state index in [9.17, 15) is 18.0 Å². The topological polar surface area (TPSA) is 64.9 Å². The minimum Gasteiger partial charge on any atom is -0.487 e. The monoisotopic (exact) mass is 441 g/mol. The number of anilines is 1. The molecule has 164 valence electrons. The Morgan fingerprint density at radius 1 is 0.969 bits per heavy atom. The van der Waals surface area contributed by atoms with Gasteiger partial charge in [-0.15, -0.1) is 0 Å². The van der Waals surface area contributed by atoms with Crippen molar-refractivity contribution in [1.82, 2.24) is 9.38 Å². The van der Waals surface area contributed by atoms with Crippen LogP contribution < -0.4 is 14.8 Å². The van der Waals surface area contributed by atoms with E-state index >= 15 is 0 Å². The van der Waals surface area contributed by atoms with Crippen LogP contribution in [0.3, 0.4) is 0 Å². The highest BCUT2D eigenvalue weighted by Crippen LogP contribution is 2.21. The molecular weight excluding hydrogens is 423 g/mol. The Kier molecular flexibility index (Phi) is 5.98. The average molecular weight is 441 g/mol. The van der Waals surface area contributed by atoms with Crippen molar-refractivity contribution < 1.29 is 27.4 Å². The zero-order valence-electron chi connectivity index (χ0n) is 16.7. The number of ether oxygens (including phenoxy) is 2. The van der Waals surface area contributed by atoms with Gasteiger partial charge in [0.1, 0.15) is 23.8 Å². The third-order valence-electron chi connectivity index (χ3n) is 4.41. The molecule has 2 aromatic carbocycles. The Balaban J connectivity index is 1.35. The lowest BCUT2D eigenvalue weighted by molar-refractivity contribution is -0.153. The number of halogens is 3. The van der Waals surface area contributed by atoms with Crippen molar-refractivity contribution in [2.24, 2.45) is 0 Å². The number of imidazole rings is 1. The Labute approximate surface area is 181 Å². The van der Waals surface area contributed by atoms with Crippen molar-refractivity contribution in [3.63, 3.8) is 0 Å². The molecule has 2 aromatic heterocycles. The number of carbonyl (C=O) groups is 1. The van der Waals surface area contributed by atoms with Gasteiger partial charge in [-0.25, -0.2) is 4.98 Å². The van der Waals surface area contributed by atoms with Crippen LogP contribution in [0.4, 0.5) is 18.9 Å². The molecule has 6 nitrogen and oxygen atoms in total. The highest BCUT2D eigenvalue weighted by Gasteiger charge is 2.28. The molecule has 1 amide bonds. The van der Waals surface area contributed by atoms with Crippen LogP contribution in [0.15, 0.2) is 79.1 Å². The third-order valence-corrected chi connectivity index (χ3v) is 4.41. The van der Waals surface area contributed by atoms with Gasteiger partial charge in [0.2, 0.25) is 0 Å². The number of benzene rings is 2. The van der Waals surface area contributed by atoms with Gasteiger partial charge < -0.3 is 19.2 Å². The standard InChI is InChI=1S/C23H18F3N3O3/c24-23(25,26)15-32-19-9-7-17(8-10-19)28-22(30)16-4-3-5-20(12-16)31-14-18-13-29-11-2-1-6-21(29)27-18/h1-13H,14-15H2,(H,28,30). The molecule has 4 rings (SSSR count). The second-order valence-corrected chi connectivity index (χ2v) is 6.90. The predicted octanol–water partition coefficient (Wildman–Crippen LogP) is 5.11. The summed E-state index contributed by atoms with van der Waals surface area (Å²) in [7, 11) is 0. The molecule has 0 aliphatic carbocycles. The number of hydrogen-bond donors (Lipinski definition) is 1. The summed E-state index contributed by atoms with van der Waals surface area (Å²) in [4.78, 5) is 17.0. The highest BCUT2D eigenvalue weighted by atomic mass is 19.4. The molecule has 0 spiro atoms. The number of fused-ring (bicyclic) bond motifs is 1. The number of hydrogen-bond acceptors (Lipinski definition) is 4. The number of rotatable bonds is 7. The molecule has 9 heteroatoms. The molecule has 0 atom stereocenters. The Hall–Kier alpha value is -4.01. The Morgan fingerprint density at radius 2 is 1.78 bits per heavy atom. The molecule has 0 unspecified atom stereocenters. The maximum Gasteiger partial charge on any atom is 0.422 e.